The van der Waals surface area contributed by atoms with E-state index in [1.54, 1.807) is 0 Å². The molecule has 0 aliphatic rings. The molecule has 0 aliphatic carbocycles. The molecule has 0 amide bonds. The first-order valence-corrected chi connectivity index (χ1v) is 17.7. The van der Waals surface area contributed by atoms with Crippen LogP contribution < -0.4 is 0 Å². The van der Waals surface area contributed by atoms with Gasteiger partial charge in [-0.3, -0.25) is 4.79 Å². The fraction of sp³-hybridized carbons (Fsp3) is 0.972. The second-order valence-electron chi connectivity index (χ2n) is 13.2. The Bertz CT molecular complexity index is 466. The molecular formula is C36H72O2. The van der Waals surface area contributed by atoms with Gasteiger partial charge in [0.15, 0.2) is 0 Å². The van der Waals surface area contributed by atoms with E-state index in [2.05, 4.69) is 27.7 Å². The van der Waals surface area contributed by atoms with Gasteiger partial charge in [-0.15, -0.1) is 0 Å². The molecule has 2 heteroatoms. The van der Waals surface area contributed by atoms with Crippen LogP contribution in [0.15, 0.2) is 0 Å². The van der Waals surface area contributed by atoms with Crippen LogP contribution in [0.2, 0.25) is 0 Å². The van der Waals surface area contributed by atoms with Crippen molar-refractivity contribution in [1.29, 1.82) is 0 Å². The monoisotopic (exact) mass is 537 g/mol. The number of carbonyl (C=O) groups is 1. The quantitative estimate of drug-likeness (QED) is 0.0894. The molecule has 1 unspecified atom stereocenters. The number of hydrogen-bond donors (Lipinski definition) is 1. The standard InChI is InChI=1S/C36H72O2/c1-5-8-11-14-17-20-23-26-29-34(32-35(37)38)33-36(4,30-27-24-21-18-15-12-9-6-2)31-28-25-22-19-16-13-10-7-3/h34H,5-33H2,1-4H3,(H,37,38). The summed E-state index contributed by atoms with van der Waals surface area (Å²) in [6.07, 6.45) is 37.9. The largest absolute Gasteiger partial charge is 0.481 e. The van der Waals surface area contributed by atoms with Crippen LogP contribution in [-0.4, -0.2) is 11.1 Å². The normalized spacial score (nSPS) is 12.7. The van der Waals surface area contributed by atoms with Crippen LogP contribution in [0.3, 0.4) is 0 Å². The zero-order chi connectivity index (χ0) is 28.2. The van der Waals surface area contributed by atoms with Crippen LogP contribution >= 0.6 is 0 Å². The van der Waals surface area contributed by atoms with Crippen LogP contribution in [0, 0.1) is 11.3 Å². The topological polar surface area (TPSA) is 37.3 Å². The molecule has 0 saturated carbocycles. The molecule has 0 heterocycles. The average molecular weight is 537 g/mol. The maximum Gasteiger partial charge on any atom is 0.303 e. The molecule has 0 saturated heterocycles. The fourth-order valence-electron chi connectivity index (χ4n) is 6.49. The van der Waals surface area contributed by atoms with Crippen molar-refractivity contribution in [3.05, 3.63) is 0 Å². The number of carboxylic acids is 1. The Morgan fingerprint density at radius 3 is 1.18 bits per heavy atom. The van der Waals surface area contributed by atoms with Gasteiger partial charge in [-0.2, -0.15) is 0 Å². The molecule has 0 rings (SSSR count). The summed E-state index contributed by atoms with van der Waals surface area (Å²) in [6.45, 7) is 9.37. The zero-order valence-corrected chi connectivity index (χ0v) is 26.9. The third-order valence-corrected chi connectivity index (χ3v) is 8.98. The molecule has 1 atom stereocenters. The van der Waals surface area contributed by atoms with Crippen LogP contribution in [0.1, 0.15) is 214 Å². The number of carboxylic acid groups (broad SMARTS) is 1. The molecule has 1 N–H and O–H groups in total. The molecule has 0 aromatic carbocycles. The molecule has 0 bridgehead atoms. The molecular weight excluding hydrogens is 464 g/mol. The van der Waals surface area contributed by atoms with Crippen molar-refractivity contribution in [2.75, 3.05) is 0 Å². The maximum atomic E-state index is 11.7. The van der Waals surface area contributed by atoms with Gasteiger partial charge >= 0.3 is 5.97 Å². The Kier molecular flexibility index (Phi) is 27.6. The van der Waals surface area contributed by atoms with E-state index in [-0.39, 0.29) is 0 Å². The van der Waals surface area contributed by atoms with Gasteiger partial charge in [0.1, 0.15) is 0 Å². The first-order valence-electron chi connectivity index (χ1n) is 17.7. The van der Waals surface area contributed by atoms with E-state index >= 15 is 0 Å². The summed E-state index contributed by atoms with van der Waals surface area (Å²) >= 11 is 0. The van der Waals surface area contributed by atoms with Gasteiger partial charge in [0, 0.05) is 6.42 Å². The van der Waals surface area contributed by atoms with E-state index in [1.165, 1.54) is 167 Å². The highest BCUT2D eigenvalue weighted by atomic mass is 16.4. The molecule has 0 aromatic heterocycles. The summed E-state index contributed by atoms with van der Waals surface area (Å²) in [5.41, 5.74) is 0.324. The molecule has 2 nitrogen and oxygen atoms in total. The van der Waals surface area contributed by atoms with Crippen molar-refractivity contribution in [2.24, 2.45) is 11.3 Å². The minimum Gasteiger partial charge on any atom is -0.481 e. The number of unbranched alkanes of at least 4 members (excludes halogenated alkanes) is 21. The van der Waals surface area contributed by atoms with E-state index in [4.69, 9.17) is 0 Å². The van der Waals surface area contributed by atoms with Gasteiger partial charge in [-0.05, 0) is 37.0 Å². The first kappa shape index (κ1) is 37.5. The van der Waals surface area contributed by atoms with E-state index in [1.807, 2.05) is 0 Å². The highest BCUT2D eigenvalue weighted by molar-refractivity contribution is 5.67. The Hall–Kier alpha value is -0.530. The van der Waals surface area contributed by atoms with E-state index in [9.17, 15) is 9.90 Å². The van der Waals surface area contributed by atoms with Gasteiger partial charge in [0.05, 0.1) is 0 Å². The van der Waals surface area contributed by atoms with Gasteiger partial charge in [-0.1, -0.05) is 182 Å². The molecule has 0 radical (unpaired) electrons. The summed E-state index contributed by atoms with van der Waals surface area (Å²) in [6, 6.07) is 0. The van der Waals surface area contributed by atoms with E-state index in [0.29, 0.717) is 17.8 Å². The van der Waals surface area contributed by atoms with Crippen LogP contribution in [0.5, 0.6) is 0 Å². The van der Waals surface area contributed by atoms with Gasteiger partial charge in [0.25, 0.3) is 0 Å². The van der Waals surface area contributed by atoms with Crippen LogP contribution in [-0.2, 0) is 4.79 Å². The van der Waals surface area contributed by atoms with Gasteiger partial charge in [0.2, 0.25) is 0 Å². The predicted molar refractivity (Wildman–Crippen MR) is 170 cm³/mol. The number of rotatable bonds is 31. The highest BCUT2D eigenvalue weighted by Crippen LogP contribution is 2.40. The van der Waals surface area contributed by atoms with Crippen molar-refractivity contribution >= 4 is 5.97 Å². The molecule has 38 heavy (non-hydrogen) atoms. The first-order chi connectivity index (χ1) is 18.5. The van der Waals surface area contributed by atoms with Crippen LogP contribution in [0.4, 0.5) is 0 Å². The lowest BCUT2D eigenvalue weighted by Crippen LogP contribution is -2.23. The van der Waals surface area contributed by atoms with Crippen molar-refractivity contribution in [3.63, 3.8) is 0 Å². The predicted octanol–water partition coefficient (Wildman–Crippen LogP) is 13.1. The third kappa shape index (κ3) is 25.7. The smallest absolute Gasteiger partial charge is 0.303 e. The zero-order valence-electron chi connectivity index (χ0n) is 26.9. The Labute approximate surface area is 240 Å². The van der Waals surface area contributed by atoms with E-state index in [0.717, 1.165) is 12.8 Å². The summed E-state index contributed by atoms with van der Waals surface area (Å²) in [5, 5.41) is 9.67. The maximum absolute atomic E-state index is 11.7. The average Bonchev–Trinajstić information content (AvgIpc) is 2.88. The summed E-state index contributed by atoms with van der Waals surface area (Å²) < 4.78 is 0. The molecule has 0 aliphatic heterocycles. The Balaban J connectivity index is 4.64. The van der Waals surface area contributed by atoms with Crippen molar-refractivity contribution in [3.8, 4) is 0 Å². The second-order valence-corrected chi connectivity index (χ2v) is 13.2. The van der Waals surface area contributed by atoms with Crippen molar-refractivity contribution < 1.29 is 9.90 Å². The lowest BCUT2D eigenvalue weighted by molar-refractivity contribution is -0.138. The lowest BCUT2D eigenvalue weighted by Gasteiger charge is -2.34. The Morgan fingerprint density at radius 1 is 0.526 bits per heavy atom. The van der Waals surface area contributed by atoms with Gasteiger partial charge < -0.3 is 5.11 Å². The van der Waals surface area contributed by atoms with Crippen molar-refractivity contribution in [2.45, 2.75) is 214 Å². The number of hydrogen-bond acceptors (Lipinski definition) is 1. The third-order valence-electron chi connectivity index (χ3n) is 8.98. The minimum atomic E-state index is -0.587. The minimum absolute atomic E-state index is 0.324. The highest BCUT2D eigenvalue weighted by Gasteiger charge is 2.28. The summed E-state index contributed by atoms with van der Waals surface area (Å²) in [4.78, 5) is 11.7. The number of aliphatic carboxylic acids is 1. The molecule has 228 valence electrons. The SMILES string of the molecule is CCCCCCCCCCC(CC(=O)O)CC(C)(CCCCCCCCCC)CCCCCCCCCC. The molecule has 0 fully saturated rings. The van der Waals surface area contributed by atoms with E-state index < -0.39 is 5.97 Å². The molecule has 0 aromatic rings. The molecule has 0 spiro atoms. The fourth-order valence-corrected chi connectivity index (χ4v) is 6.49. The lowest BCUT2D eigenvalue weighted by atomic mass is 9.71. The van der Waals surface area contributed by atoms with Crippen LogP contribution in [0.25, 0.3) is 0 Å². The second kappa shape index (κ2) is 28.0. The van der Waals surface area contributed by atoms with Gasteiger partial charge in [-0.25, -0.2) is 0 Å². The summed E-state index contributed by atoms with van der Waals surface area (Å²) in [7, 11) is 0. The summed E-state index contributed by atoms with van der Waals surface area (Å²) in [5.74, 6) is -0.225. The van der Waals surface area contributed by atoms with Crippen molar-refractivity contribution in [1.82, 2.24) is 0 Å². The Morgan fingerprint density at radius 2 is 0.842 bits per heavy atom.